The van der Waals surface area contributed by atoms with Gasteiger partial charge in [-0.15, -0.1) is 0 Å². The molecule has 1 aliphatic rings. The molecule has 6 nitrogen and oxygen atoms in total. The second kappa shape index (κ2) is 6.17. The molecule has 1 aromatic carbocycles. The van der Waals surface area contributed by atoms with Crippen LogP contribution in [0, 0.1) is 6.92 Å². The number of ether oxygens (including phenoxy) is 1. The van der Waals surface area contributed by atoms with Crippen LogP contribution >= 0.6 is 0 Å². The van der Waals surface area contributed by atoms with Crippen molar-refractivity contribution in [3.8, 4) is 5.75 Å². The van der Waals surface area contributed by atoms with Gasteiger partial charge in [-0.2, -0.15) is 4.98 Å². The molecule has 0 spiro atoms. The lowest BCUT2D eigenvalue weighted by molar-refractivity contribution is -0.122. The number of rotatable bonds is 4. The number of nitrogens with one attached hydrogen (secondary N) is 1. The van der Waals surface area contributed by atoms with Crippen LogP contribution < -0.4 is 10.1 Å². The van der Waals surface area contributed by atoms with Gasteiger partial charge in [0.2, 0.25) is 11.8 Å². The van der Waals surface area contributed by atoms with E-state index in [1.165, 1.54) is 0 Å². The summed E-state index contributed by atoms with van der Waals surface area (Å²) in [6.45, 7) is 4.23. The van der Waals surface area contributed by atoms with Crippen LogP contribution in [0.3, 0.4) is 0 Å². The fourth-order valence-corrected chi connectivity index (χ4v) is 2.70. The summed E-state index contributed by atoms with van der Waals surface area (Å²) >= 11 is 0. The maximum Gasteiger partial charge on any atom is 0.248 e. The lowest BCUT2D eigenvalue weighted by Gasteiger charge is -2.25. The third kappa shape index (κ3) is 3.10. The summed E-state index contributed by atoms with van der Waals surface area (Å²) in [6.07, 6.45) is 1.27. The van der Waals surface area contributed by atoms with Crippen LogP contribution in [0.1, 0.15) is 49.0 Å². The van der Waals surface area contributed by atoms with Crippen LogP contribution in [0.5, 0.6) is 5.75 Å². The van der Waals surface area contributed by atoms with E-state index in [4.69, 9.17) is 9.26 Å². The number of benzene rings is 1. The van der Waals surface area contributed by atoms with E-state index in [2.05, 4.69) is 15.5 Å². The maximum absolute atomic E-state index is 12.3. The minimum absolute atomic E-state index is 0.0231. The summed E-state index contributed by atoms with van der Waals surface area (Å²) in [5.41, 5.74) is 1.10. The Bertz CT molecular complexity index is 668. The molecular weight excluding hydrogens is 282 g/mol. The van der Waals surface area contributed by atoms with Gasteiger partial charge in [0, 0.05) is 6.42 Å². The molecule has 1 N–H and O–H groups in total. The van der Waals surface area contributed by atoms with Gasteiger partial charge in [0.1, 0.15) is 11.8 Å². The molecule has 1 aromatic heterocycles. The van der Waals surface area contributed by atoms with Crippen molar-refractivity contribution in [2.24, 2.45) is 0 Å². The Kier molecular flexibility index (Phi) is 4.09. The molecule has 0 saturated heterocycles. The van der Waals surface area contributed by atoms with E-state index in [0.717, 1.165) is 17.7 Å². The predicted octanol–water partition coefficient (Wildman–Crippen LogP) is 2.51. The fraction of sp³-hybridized carbons (Fsp3) is 0.438. The van der Waals surface area contributed by atoms with Crippen molar-refractivity contribution in [3.63, 3.8) is 0 Å². The van der Waals surface area contributed by atoms with E-state index in [-0.39, 0.29) is 17.9 Å². The third-order valence-corrected chi connectivity index (χ3v) is 3.81. The molecule has 2 atom stereocenters. The number of para-hydroxylation sites is 1. The third-order valence-electron chi connectivity index (χ3n) is 3.81. The molecule has 2 heterocycles. The second-order valence-corrected chi connectivity index (χ2v) is 5.55. The number of hydrogen-bond donors (Lipinski definition) is 1. The molecule has 3 rings (SSSR count). The zero-order valence-electron chi connectivity index (χ0n) is 12.7. The average molecular weight is 301 g/mol. The highest BCUT2D eigenvalue weighted by Crippen LogP contribution is 2.35. The van der Waals surface area contributed by atoms with Crippen LogP contribution in [0.2, 0.25) is 0 Å². The smallest absolute Gasteiger partial charge is 0.248 e. The zero-order valence-corrected chi connectivity index (χ0v) is 12.7. The van der Waals surface area contributed by atoms with E-state index in [9.17, 15) is 4.79 Å². The Morgan fingerprint density at radius 2 is 2.27 bits per heavy atom. The Morgan fingerprint density at radius 1 is 1.45 bits per heavy atom. The van der Waals surface area contributed by atoms with Crippen molar-refractivity contribution >= 4 is 5.91 Å². The van der Waals surface area contributed by atoms with Gasteiger partial charge >= 0.3 is 0 Å². The van der Waals surface area contributed by atoms with Gasteiger partial charge in [-0.1, -0.05) is 23.4 Å². The Balaban J connectivity index is 1.63. The number of aromatic nitrogens is 2. The maximum atomic E-state index is 12.3. The zero-order chi connectivity index (χ0) is 15.5. The first kappa shape index (κ1) is 14.6. The van der Waals surface area contributed by atoms with Crippen LogP contribution in [0.4, 0.5) is 0 Å². The average Bonchev–Trinajstić information content (AvgIpc) is 2.94. The number of nitrogens with zero attached hydrogens (tertiary/aromatic N) is 2. The SMILES string of the molecule is Cc1noc(C(C)NC(=O)CC2CCOc3ccccc32)n1. The molecule has 0 radical (unpaired) electrons. The highest BCUT2D eigenvalue weighted by molar-refractivity contribution is 5.77. The number of fused-ring (bicyclic) bond motifs is 1. The number of aryl methyl sites for hydroxylation is 1. The van der Waals surface area contributed by atoms with Gasteiger partial charge in [-0.05, 0) is 37.8 Å². The van der Waals surface area contributed by atoms with Crippen molar-refractivity contribution in [1.82, 2.24) is 15.5 Å². The van der Waals surface area contributed by atoms with Crippen molar-refractivity contribution in [3.05, 3.63) is 41.5 Å². The van der Waals surface area contributed by atoms with Crippen LogP contribution in [-0.2, 0) is 4.79 Å². The molecular formula is C16H19N3O3. The molecule has 116 valence electrons. The summed E-state index contributed by atoms with van der Waals surface area (Å²) in [5.74, 6) is 2.03. The summed E-state index contributed by atoms with van der Waals surface area (Å²) in [7, 11) is 0. The normalized spacial score (nSPS) is 18.2. The van der Waals surface area contributed by atoms with Crippen molar-refractivity contribution in [2.75, 3.05) is 6.61 Å². The Hall–Kier alpha value is -2.37. The monoisotopic (exact) mass is 301 g/mol. The minimum atomic E-state index is -0.288. The van der Waals surface area contributed by atoms with Crippen LogP contribution in [0.15, 0.2) is 28.8 Å². The van der Waals surface area contributed by atoms with Gasteiger partial charge < -0.3 is 14.6 Å². The van der Waals surface area contributed by atoms with Gasteiger partial charge in [0.15, 0.2) is 5.82 Å². The lowest BCUT2D eigenvalue weighted by Crippen LogP contribution is -2.29. The number of carbonyl (C=O) groups excluding carboxylic acids is 1. The van der Waals surface area contributed by atoms with E-state index >= 15 is 0 Å². The summed E-state index contributed by atoms with van der Waals surface area (Å²) in [6, 6.07) is 7.60. The molecule has 2 aromatic rings. The number of carbonyl (C=O) groups is 1. The minimum Gasteiger partial charge on any atom is -0.493 e. The molecule has 0 saturated carbocycles. The van der Waals surface area contributed by atoms with Gasteiger partial charge in [0.25, 0.3) is 0 Å². The van der Waals surface area contributed by atoms with Crippen LogP contribution in [-0.4, -0.2) is 22.7 Å². The predicted molar refractivity (Wildman–Crippen MR) is 79.5 cm³/mol. The first-order valence-electron chi connectivity index (χ1n) is 7.45. The van der Waals surface area contributed by atoms with E-state index < -0.39 is 0 Å². The molecule has 6 heteroatoms. The standard InChI is InChI=1S/C16H19N3O3/c1-10(16-18-11(2)19-22-16)17-15(20)9-12-7-8-21-14-6-4-3-5-13(12)14/h3-6,10,12H,7-9H2,1-2H3,(H,17,20). The molecule has 1 amide bonds. The van der Waals surface area contributed by atoms with Crippen molar-refractivity contribution in [2.45, 2.75) is 38.6 Å². The summed E-state index contributed by atoms with van der Waals surface area (Å²) in [5, 5.41) is 6.65. The highest BCUT2D eigenvalue weighted by atomic mass is 16.5. The molecule has 1 aliphatic heterocycles. The number of amides is 1. The van der Waals surface area contributed by atoms with Crippen molar-refractivity contribution in [1.29, 1.82) is 0 Å². The largest absolute Gasteiger partial charge is 0.493 e. The first-order chi connectivity index (χ1) is 10.6. The molecule has 0 bridgehead atoms. The second-order valence-electron chi connectivity index (χ2n) is 5.55. The first-order valence-corrected chi connectivity index (χ1v) is 7.45. The summed E-state index contributed by atoms with van der Waals surface area (Å²) in [4.78, 5) is 16.4. The van der Waals surface area contributed by atoms with Gasteiger partial charge in [0.05, 0.1) is 6.61 Å². The molecule has 22 heavy (non-hydrogen) atoms. The molecule has 2 unspecified atom stereocenters. The van der Waals surface area contributed by atoms with Gasteiger partial charge in [-0.25, -0.2) is 0 Å². The van der Waals surface area contributed by atoms with Crippen LogP contribution in [0.25, 0.3) is 0 Å². The fourth-order valence-electron chi connectivity index (χ4n) is 2.70. The molecule has 0 fully saturated rings. The highest BCUT2D eigenvalue weighted by Gasteiger charge is 2.24. The van der Waals surface area contributed by atoms with E-state index in [1.54, 1.807) is 6.92 Å². The van der Waals surface area contributed by atoms with Crippen molar-refractivity contribution < 1.29 is 14.1 Å². The summed E-state index contributed by atoms with van der Waals surface area (Å²) < 4.78 is 10.7. The van der Waals surface area contributed by atoms with Gasteiger partial charge in [-0.3, -0.25) is 4.79 Å². The van der Waals surface area contributed by atoms with E-state index in [1.807, 2.05) is 31.2 Å². The number of hydrogen-bond acceptors (Lipinski definition) is 5. The molecule has 0 aliphatic carbocycles. The Morgan fingerprint density at radius 3 is 3.05 bits per heavy atom. The lowest BCUT2D eigenvalue weighted by atomic mass is 9.90. The topological polar surface area (TPSA) is 77.2 Å². The Labute approximate surface area is 128 Å². The van der Waals surface area contributed by atoms with E-state index in [0.29, 0.717) is 24.7 Å². The quantitative estimate of drug-likeness (QED) is 0.939.